The molecule has 98 valence electrons. The number of ether oxygens (including phenoxy) is 2. The summed E-state index contributed by atoms with van der Waals surface area (Å²) in [5, 5.41) is 2.64. The quantitative estimate of drug-likeness (QED) is 0.768. The summed E-state index contributed by atoms with van der Waals surface area (Å²) in [5.41, 5.74) is -1.44. The Kier molecular flexibility index (Phi) is 3.69. The highest BCUT2D eigenvalue weighted by Gasteiger charge is 2.61. The lowest BCUT2D eigenvalue weighted by Gasteiger charge is -2.23. The smallest absolute Gasteiger partial charge is 0.408 e. The van der Waals surface area contributed by atoms with Crippen LogP contribution in [0.3, 0.4) is 0 Å². The minimum absolute atomic E-state index is 0.141. The van der Waals surface area contributed by atoms with Gasteiger partial charge in [0.05, 0.1) is 7.11 Å². The van der Waals surface area contributed by atoms with Gasteiger partial charge in [0, 0.05) is 0 Å². The first-order valence-electron chi connectivity index (χ1n) is 5.84. The van der Waals surface area contributed by atoms with Crippen LogP contribution in [0.4, 0.5) is 4.79 Å². The molecular weight excluding hydrogens is 222 g/mol. The number of hydrogen-bond acceptors (Lipinski definition) is 4. The lowest BCUT2D eigenvalue weighted by atomic mass is 10.1. The van der Waals surface area contributed by atoms with Gasteiger partial charge in [0.1, 0.15) is 11.1 Å². The number of esters is 1. The monoisotopic (exact) mass is 243 g/mol. The molecule has 0 radical (unpaired) electrons. The zero-order valence-corrected chi connectivity index (χ0v) is 11.1. The van der Waals surface area contributed by atoms with Gasteiger partial charge < -0.3 is 14.8 Å². The van der Waals surface area contributed by atoms with Crippen LogP contribution >= 0.6 is 0 Å². The normalized spacial score (nSPS) is 27.2. The van der Waals surface area contributed by atoms with Crippen molar-refractivity contribution in [3.63, 3.8) is 0 Å². The van der Waals surface area contributed by atoms with Crippen molar-refractivity contribution < 1.29 is 19.1 Å². The number of carbonyl (C=O) groups excluding carboxylic acids is 2. The van der Waals surface area contributed by atoms with Gasteiger partial charge in [-0.25, -0.2) is 9.59 Å². The lowest BCUT2D eigenvalue weighted by Crippen LogP contribution is -2.47. The first-order valence-corrected chi connectivity index (χ1v) is 5.84. The van der Waals surface area contributed by atoms with Gasteiger partial charge in [-0.15, -0.1) is 0 Å². The maximum Gasteiger partial charge on any atom is 0.408 e. The number of amides is 1. The van der Waals surface area contributed by atoms with Crippen molar-refractivity contribution in [1.29, 1.82) is 0 Å². The van der Waals surface area contributed by atoms with Gasteiger partial charge in [-0.2, -0.15) is 0 Å². The van der Waals surface area contributed by atoms with Gasteiger partial charge in [0.25, 0.3) is 0 Å². The first-order chi connectivity index (χ1) is 7.75. The fourth-order valence-corrected chi connectivity index (χ4v) is 1.94. The Bertz CT molecular complexity index is 321. The molecule has 5 heteroatoms. The molecule has 1 saturated carbocycles. The summed E-state index contributed by atoms with van der Waals surface area (Å²) in [4.78, 5) is 23.3. The Hall–Kier alpha value is -1.26. The molecule has 0 aromatic rings. The van der Waals surface area contributed by atoms with Crippen LogP contribution in [0, 0.1) is 5.92 Å². The molecule has 0 bridgehead atoms. The summed E-state index contributed by atoms with van der Waals surface area (Å²) in [6, 6.07) is 0. The molecule has 0 heterocycles. The van der Waals surface area contributed by atoms with Crippen LogP contribution in [-0.4, -0.2) is 30.3 Å². The van der Waals surface area contributed by atoms with Crippen molar-refractivity contribution in [3.05, 3.63) is 0 Å². The average Bonchev–Trinajstić information content (AvgIpc) is 2.88. The van der Waals surface area contributed by atoms with E-state index < -0.39 is 23.2 Å². The molecule has 0 aromatic heterocycles. The fraction of sp³-hybridized carbons (Fsp3) is 0.833. The summed E-state index contributed by atoms with van der Waals surface area (Å²) >= 11 is 0. The van der Waals surface area contributed by atoms with Crippen LogP contribution in [-0.2, 0) is 14.3 Å². The zero-order valence-electron chi connectivity index (χ0n) is 11.1. The standard InChI is InChI=1S/C12H21NO4/c1-6-8-7-12(8,9(14)16-5)13-10(15)17-11(2,3)4/h8H,6-7H2,1-5H3,(H,13,15). The molecule has 1 amide bonds. The molecule has 1 aliphatic carbocycles. The third-order valence-corrected chi connectivity index (χ3v) is 2.87. The summed E-state index contributed by atoms with van der Waals surface area (Å²) in [6.45, 7) is 7.32. The molecule has 17 heavy (non-hydrogen) atoms. The Balaban J connectivity index is 2.64. The van der Waals surface area contributed by atoms with Gasteiger partial charge in [0.2, 0.25) is 0 Å². The third-order valence-electron chi connectivity index (χ3n) is 2.87. The van der Waals surface area contributed by atoms with Crippen LogP contribution in [0.25, 0.3) is 0 Å². The number of carbonyl (C=O) groups is 2. The van der Waals surface area contributed by atoms with E-state index in [2.05, 4.69) is 5.32 Å². The molecule has 2 atom stereocenters. The lowest BCUT2D eigenvalue weighted by molar-refractivity contribution is -0.144. The number of alkyl carbamates (subject to hydrolysis) is 1. The van der Waals surface area contributed by atoms with Gasteiger partial charge in [-0.3, -0.25) is 0 Å². The van der Waals surface area contributed by atoms with Crippen molar-refractivity contribution in [1.82, 2.24) is 5.32 Å². The second-order valence-corrected chi connectivity index (χ2v) is 5.40. The predicted octanol–water partition coefficient (Wildman–Crippen LogP) is 1.85. The van der Waals surface area contributed by atoms with E-state index in [1.54, 1.807) is 20.8 Å². The zero-order chi connectivity index (χ0) is 13.3. The van der Waals surface area contributed by atoms with Crippen LogP contribution in [0.15, 0.2) is 0 Å². The number of rotatable bonds is 3. The topological polar surface area (TPSA) is 64.6 Å². The van der Waals surface area contributed by atoms with E-state index in [-0.39, 0.29) is 5.92 Å². The molecule has 0 aromatic carbocycles. The van der Waals surface area contributed by atoms with Crippen LogP contribution < -0.4 is 5.32 Å². The second kappa shape index (κ2) is 4.55. The van der Waals surface area contributed by atoms with Crippen molar-refractivity contribution in [2.24, 2.45) is 5.92 Å². The van der Waals surface area contributed by atoms with Crippen molar-refractivity contribution in [2.75, 3.05) is 7.11 Å². The molecule has 5 nitrogen and oxygen atoms in total. The molecule has 0 aliphatic heterocycles. The molecular formula is C12H21NO4. The summed E-state index contributed by atoms with van der Waals surface area (Å²) < 4.78 is 9.87. The van der Waals surface area contributed by atoms with E-state index in [9.17, 15) is 9.59 Å². The number of nitrogens with one attached hydrogen (secondary N) is 1. The molecule has 0 spiro atoms. The van der Waals surface area contributed by atoms with Gasteiger partial charge in [0.15, 0.2) is 0 Å². The van der Waals surface area contributed by atoms with E-state index in [0.717, 1.165) is 6.42 Å². The van der Waals surface area contributed by atoms with E-state index in [1.807, 2.05) is 6.92 Å². The van der Waals surface area contributed by atoms with Crippen molar-refractivity contribution >= 4 is 12.1 Å². The predicted molar refractivity (Wildman–Crippen MR) is 62.5 cm³/mol. The summed E-state index contributed by atoms with van der Waals surface area (Å²) in [7, 11) is 1.33. The SMILES string of the molecule is CCC1CC1(NC(=O)OC(C)(C)C)C(=O)OC. The molecule has 1 N–H and O–H groups in total. The van der Waals surface area contributed by atoms with Gasteiger partial charge in [-0.1, -0.05) is 13.3 Å². The molecule has 0 saturated heterocycles. The van der Waals surface area contributed by atoms with Crippen LogP contribution in [0.2, 0.25) is 0 Å². The Morgan fingerprint density at radius 1 is 1.41 bits per heavy atom. The highest BCUT2D eigenvalue weighted by molar-refractivity contribution is 5.89. The first kappa shape index (κ1) is 13.8. The molecule has 2 unspecified atom stereocenters. The average molecular weight is 243 g/mol. The van der Waals surface area contributed by atoms with E-state index in [1.165, 1.54) is 7.11 Å². The minimum Gasteiger partial charge on any atom is -0.467 e. The Labute approximate surface area is 102 Å². The second-order valence-electron chi connectivity index (χ2n) is 5.40. The summed E-state index contributed by atoms with van der Waals surface area (Å²) in [5.74, 6) is -0.252. The minimum atomic E-state index is -0.869. The van der Waals surface area contributed by atoms with Crippen molar-refractivity contribution in [3.8, 4) is 0 Å². The largest absolute Gasteiger partial charge is 0.467 e. The Morgan fingerprint density at radius 2 is 2.00 bits per heavy atom. The maximum absolute atomic E-state index is 11.7. The van der Waals surface area contributed by atoms with E-state index >= 15 is 0 Å². The highest BCUT2D eigenvalue weighted by Crippen LogP contribution is 2.46. The number of hydrogen-bond donors (Lipinski definition) is 1. The van der Waals surface area contributed by atoms with Crippen LogP contribution in [0.5, 0.6) is 0 Å². The Morgan fingerprint density at radius 3 is 2.35 bits per heavy atom. The molecule has 1 rings (SSSR count). The van der Waals surface area contributed by atoms with Gasteiger partial charge >= 0.3 is 12.1 Å². The van der Waals surface area contributed by atoms with E-state index in [4.69, 9.17) is 9.47 Å². The van der Waals surface area contributed by atoms with Crippen LogP contribution in [0.1, 0.15) is 40.5 Å². The number of methoxy groups -OCH3 is 1. The van der Waals surface area contributed by atoms with Gasteiger partial charge in [-0.05, 0) is 33.1 Å². The van der Waals surface area contributed by atoms with E-state index in [0.29, 0.717) is 6.42 Å². The summed E-state index contributed by atoms with van der Waals surface area (Å²) in [6.07, 6.45) is 0.874. The highest BCUT2D eigenvalue weighted by atomic mass is 16.6. The molecule has 1 fully saturated rings. The maximum atomic E-state index is 11.7. The third kappa shape index (κ3) is 3.11. The fourth-order valence-electron chi connectivity index (χ4n) is 1.94. The van der Waals surface area contributed by atoms with Crippen molar-refractivity contribution in [2.45, 2.75) is 51.7 Å². The molecule has 1 aliphatic rings.